The number of nitrogens with one attached hydrogen (secondary N) is 9. The molecule has 11 atom stereocenters. The highest BCUT2D eigenvalue weighted by atomic mass is 16.4. The Bertz CT molecular complexity index is 2580. The molecule has 26 nitrogen and oxygen atoms in total. The van der Waals surface area contributed by atoms with Gasteiger partial charge in [0.2, 0.25) is 65.0 Å². The number of aromatic hydroxyl groups is 1. The number of nitrogens with two attached hydrogens (primary N) is 3. The van der Waals surface area contributed by atoms with Gasteiger partial charge in [0.05, 0.1) is 12.6 Å². The molecule has 0 aliphatic carbocycles. The summed E-state index contributed by atoms with van der Waals surface area (Å²) >= 11 is 0. The summed E-state index contributed by atoms with van der Waals surface area (Å²) in [5.74, 6) is -12.3. The summed E-state index contributed by atoms with van der Waals surface area (Å²) in [4.78, 5) is 161. The molecule has 85 heavy (non-hydrogen) atoms. The van der Waals surface area contributed by atoms with Crippen LogP contribution >= 0.6 is 0 Å². The van der Waals surface area contributed by atoms with Gasteiger partial charge in [0.1, 0.15) is 54.1 Å². The molecule has 0 unspecified atom stereocenters. The van der Waals surface area contributed by atoms with E-state index in [0.717, 1.165) is 0 Å². The molecule has 26 heteroatoms. The highest BCUT2D eigenvalue weighted by Crippen LogP contribution is 2.17. The van der Waals surface area contributed by atoms with Gasteiger partial charge in [0.15, 0.2) is 0 Å². The SMILES string of the molecule is CC[C@H](C)[C@H](NC(=O)CNC(=O)[C@H](CCC(N)=O)NC(=O)[C@H](CC(C)C)NC(=O)[C@@H](NC(=O)[C@H](CCC(N)=O)NC(=O)[C@H](Cc1ccc(O)cc1)NC(=O)[C@@H](N)CC(C)C)[C@@H](C)CC)C(=O)N[C@H](C(=O)N[C@@H](Cc1ccccc1)C(=O)O)C(C)C. The minimum absolute atomic E-state index is 0.0101. The molecule has 17 N–H and O–H groups in total. The number of aliphatic carboxylic acids is 1. The van der Waals surface area contributed by atoms with Crippen LogP contribution in [0.15, 0.2) is 54.6 Å². The Morgan fingerprint density at radius 1 is 0.459 bits per heavy atom. The third-order valence-electron chi connectivity index (χ3n) is 14.2. The van der Waals surface area contributed by atoms with E-state index in [1.54, 1.807) is 85.7 Å². The summed E-state index contributed by atoms with van der Waals surface area (Å²) in [6, 6.07) is 2.67. The fraction of sp³-hybridized carbons (Fsp3) is 0.593. The number of carbonyl (C=O) groups is 12. The van der Waals surface area contributed by atoms with Gasteiger partial charge in [-0.1, -0.05) is 125 Å². The minimum Gasteiger partial charge on any atom is -0.508 e. The summed E-state index contributed by atoms with van der Waals surface area (Å²) in [5.41, 5.74) is 18.2. The molecule has 0 spiro atoms. The van der Waals surface area contributed by atoms with Gasteiger partial charge in [-0.2, -0.15) is 0 Å². The Morgan fingerprint density at radius 3 is 1.36 bits per heavy atom. The number of phenolic OH excluding ortho intramolecular Hbond substituents is 1. The number of phenols is 1. The van der Waals surface area contributed by atoms with Crippen molar-refractivity contribution in [3.8, 4) is 5.75 Å². The van der Waals surface area contributed by atoms with Crippen molar-refractivity contribution in [3.63, 3.8) is 0 Å². The number of carbonyl (C=O) groups excluding carboxylic acids is 11. The number of amides is 11. The molecule has 0 aliphatic heterocycles. The molecule has 2 aromatic carbocycles. The van der Waals surface area contributed by atoms with Crippen molar-refractivity contribution >= 4 is 70.9 Å². The van der Waals surface area contributed by atoms with E-state index in [9.17, 15) is 67.7 Å². The minimum atomic E-state index is -1.51. The molecular weight excluding hydrogens is 1100 g/mol. The number of rotatable bonds is 38. The predicted molar refractivity (Wildman–Crippen MR) is 316 cm³/mol. The first-order valence-electron chi connectivity index (χ1n) is 28.9. The van der Waals surface area contributed by atoms with Crippen LogP contribution < -0.4 is 65.1 Å². The van der Waals surface area contributed by atoms with Gasteiger partial charge < -0.3 is 75.3 Å². The molecule has 0 fully saturated rings. The first kappa shape index (κ1) is 72.9. The van der Waals surface area contributed by atoms with Crippen LogP contribution in [0.2, 0.25) is 0 Å². The van der Waals surface area contributed by atoms with Crippen molar-refractivity contribution in [2.45, 2.75) is 188 Å². The fourth-order valence-electron chi connectivity index (χ4n) is 8.85. The second-order valence-electron chi connectivity index (χ2n) is 22.8. The van der Waals surface area contributed by atoms with Crippen molar-refractivity contribution in [2.24, 2.45) is 46.8 Å². The van der Waals surface area contributed by atoms with Crippen LogP contribution in [-0.2, 0) is 70.4 Å². The molecule has 0 saturated heterocycles. The summed E-state index contributed by atoms with van der Waals surface area (Å²) in [5, 5.41) is 43.0. The van der Waals surface area contributed by atoms with Crippen LogP contribution in [0, 0.1) is 29.6 Å². The third-order valence-corrected chi connectivity index (χ3v) is 14.2. The maximum Gasteiger partial charge on any atom is 0.326 e. The van der Waals surface area contributed by atoms with Crippen molar-refractivity contribution in [2.75, 3.05) is 6.54 Å². The Hall–Kier alpha value is -8.16. The van der Waals surface area contributed by atoms with Crippen LogP contribution in [0.5, 0.6) is 5.75 Å². The van der Waals surface area contributed by atoms with E-state index in [1.807, 2.05) is 13.8 Å². The largest absolute Gasteiger partial charge is 0.508 e. The van der Waals surface area contributed by atoms with Crippen LogP contribution in [0.4, 0.5) is 0 Å². The fourth-order valence-corrected chi connectivity index (χ4v) is 8.85. The van der Waals surface area contributed by atoms with Crippen LogP contribution in [0.3, 0.4) is 0 Å². The molecule has 472 valence electrons. The summed E-state index contributed by atoms with van der Waals surface area (Å²) < 4.78 is 0. The standard InChI is InChI=1S/C59H92N12O14/c1-11-34(9)49(58(83)70-48(33(7)8)56(81)68-44(59(84)85)29-36-16-14-13-15-17-36)69-47(75)30-63-52(77)40(22-24-45(61)73)64-54(79)42(27-32(5)6)67-57(82)50(35(10)12-2)71-53(78)41(23-25-46(62)74)65-55(80)43(28-37-18-20-38(72)21-19-37)66-51(76)39(60)26-31(3)4/h13-21,31-35,39-44,48-50,72H,11-12,22-30,60H2,1-10H3,(H2,61,73)(H2,62,74)(H,63,77)(H,64,79)(H,65,80)(H,66,76)(H,67,82)(H,68,81)(H,69,75)(H,70,83)(H,71,78)(H,84,85)/t34-,35-,39-,40-,41-,42-,43-,44-,48-,49-,50-/m0/s1. The molecule has 2 rings (SSSR count). The highest BCUT2D eigenvalue weighted by Gasteiger charge is 2.37. The second-order valence-corrected chi connectivity index (χ2v) is 22.8. The predicted octanol–water partition coefficient (Wildman–Crippen LogP) is -0.0447. The zero-order chi connectivity index (χ0) is 64.2. The number of benzene rings is 2. The monoisotopic (exact) mass is 1190 g/mol. The van der Waals surface area contributed by atoms with Crippen molar-refractivity contribution in [3.05, 3.63) is 65.7 Å². The zero-order valence-corrected chi connectivity index (χ0v) is 50.6. The quantitative estimate of drug-likeness (QED) is 0.0419. The van der Waals surface area contributed by atoms with Crippen LogP contribution in [-0.4, -0.2) is 142 Å². The average molecular weight is 1190 g/mol. The van der Waals surface area contributed by atoms with Gasteiger partial charge >= 0.3 is 5.97 Å². The topological polar surface area (TPSA) is 432 Å². The van der Waals surface area contributed by atoms with E-state index in [1.165, 1.54) is 24.3 Å². The summed E-state index contributed by atoms with van der Waals surface area (Å²) in [6.07, 6.45) is -0.639. The molecule has 0 saturated carbocycles. The zero-order valence-electron chi connectivity index (χ0n) is 50.6. The summed E-state index contributed by atoms with van der Waals surface area (Å²) in [7, 11) is 0. The van der Waals surface area contributed by atoms with Crippen molar-refractivity contribution < 1.29 is 67.7 Å². The molecule has 0 aromatic heterocycles. The smallest absolute Gasteiger partial charge is 0.326 e. The van der Waals surface area contributed by atoms with E-state index in [0.29, 0.717) is 30.4 Å². The van der Waals surface area contributed by atoms with E-state index >= 15 is 0 Å². The number of carboxylic acid groups (broad SMARTS) is 1. The molecule has 0 bridgehead atoms. The maximum atomic E-state index is 14.4. The lowest BCUT2D eigenvalue weighted by molar-refractivity contribution is -0.142. The second kappa shape index (κ2) is 36.5. The number of carboxylic acids is 1. The van der Waals surface area contributed by atoms with E-state index in [4.69, 9.17) is 17.2 Å². The van der Waals surface area contributed by atoms with E-state index in [2.05, 4.69) is 47.9 Å². The van der Waals surface area contributed by atoms with Crippen LogP contribution in [0.25, 0.3) is 0 Å². The third kappa shape index (κ3) is 26.5. The van der Waals surface area contributed by atoms with Crippen LogP contribution in [0.1, 0.15) is 132 Å². The van der Waals surface area contributed by atoms with Crippen molar-refractivity contribution in [1.29, 1.82) is 0 Å². The van der Waals surface area contributed by atoms with Gasteiger partial charge in [0, 0.05) is 25.7 Å². The average Bonchev–Trinajstić information content (AvgIpc) is 3.36. The molecule has 0 radical (unpaired) electrons. The van der Waals surface area contributed by atoms with Gasteiger partial charge in [-0.15, -0.1) is 0 Å². The molecule has 0 heterocycles. The highest BCUT2D eigenvalue weighted by molar-refractivity contribution is 5.98. The van der Waals surface area contributed by atoms with Gasteiger partial charge in [-0.25, -0.2) is 4.79 Å². The number of hydrogen-bond donors (Lipinski definition) is 14. The normalized spacial score (nSPS) is 15.1. The van der Waals surface area contributed by atoms with E-state index < -0.39 is 156 Å². The Balaban J connectivity index is 2.35. The number of hydrogen-bond acceptors (Lipinski definition) is 14. The van der Waals surface area contributed by atoms with Gasteiger partial charge in [0.25, 0.3) is 0 Å². The molecule has 0 aliphatic rings. The van der Waals surface area contributed by atoms with E-state index in [-0.39, 0.29) is 56.1 Å². The lowest BCUT2D eigenvalue weighted by atomic mass is 9.96. The Labute approximate surface area is 497 Å². The lowest BCUT2D eigenvalue weighted by Crippen LogP contribution is -2.61. The lowest BCUT2D eigenvalue weighted by Gasteiger charge is -2.30. The van der Waals surface area contributed by atoms with Crippen molar-refractivity contribution in [1.82, 2.24) is 47.9 Å². The first-order chi connectivity index (χ1) is 39.9. The number of primary amides is 2. The maximum absolute atomic E-state index is 14.4. The molecular formula is C59H92N12O14. The van der Waals surface area contributed by atoms with Gasteiger partial charge in [-0.05, 0) is 78.5 Å². The first-order valence-corrected chi connectivity index (χ1v) is 28.9. The molecule has 2 aromatic rings. The Kier molecular flexibility index (Phi) is 31.3. The van der Waals surface area contributed by atoms with Gasteiger partial charge in [-0.3, -0.25) is 52.7 Å². The summed E-state index contributed by atoms with van der Waals surface area (Å²) in [6.45, 7) is 16.6. The Morgan fingerprint density at radius 2 is 0.871 bits per heavy atom. The molecule has 11 amide bonds.